The molecule has 0 aliphatic heterocycles. The Labute approximate surface area is 110 Å². The van der Waals surface area contributed by atoms with E-state index in [0.29, 0.717) is 0 Å². The van der Waals surface area contributed by atoms with E-state index in [9.17, 15) is 0 Å². The van der Waals surface area contributed by atoms with E-state index in [-0.39, 0.29) is 20.3 Å². The summed E-state index contributed by atoms with van der Waals surface area (Å²) in [6.07, 6.45) is 0. The van der Waals surface area contributed by atoms with Gasteiger partial charge in [0.2, 0.25) is 0 Å². The first kappa shape index (κ1) is 30.4. The van der Waals surface area contributed by atoms with Gasteiger partial charge in [0.1, 0.15) is 0 Å². The molecule has 0 aromatic heterocycles. The van der Waals surface area contributed by atoms with Gasteiger partial charge in [0.15, 0.2) is 0 Å². The zero-order valence-electron chi connectivity index (χ0n) is 9.68. The molecule has 0 aliphatic carbocycles. The summed E-state index contributed by atoms with van der Waals surface area (Å²) in [7, 11) is -8.67. The van der Waals surface area contributed by atoms with Crippen molar-refractivity contribution in [2.24, 2.45) is 0 Å². The van der Waals surface area contributed by atoms with E-state index in [1.165, 1.54) is 0 Å². The summed E-state index contributed by atoms with van der Waals surface area (Å²) in [5, 5.41) is 86.0. The van der Waals surface area contributed by atoms with Crippen LogP contribution in [0.4, 0.5) is 0 Å². The van der Waals surface area contributed by atoms with Gasteiger partial charge in [-0.25, -0.2) is 0 Å². The zero-order valence-corrected chi connectivity index (χ0v) is 8.68. The van der Waals surface area contributed by atoms with Gasteiger partial charge >= 0.3 is 48.1 Å². The van der Waals surface area contributed by atoms with Crippen molar-refractivity contribution < 1.29 is 80.6 Å². The Morgan fingerprint density at radius 3 is 0.353 bits per heavy atom. The third kappa shape index (κ3) is 23800. The molecule has 0 aliphatic rings. The minimum Gasteiger partial charge on any atom is -1.00 e. The van der Waals surface area contributed by atoms with Gasteiger partial charge < -0.3 is 61.7 Å². The molecule has 0 atom stereocenters. The summed E-state index contributed by atoms with van der Waals surface area (Å²) in [6.45, 7) is 0. The molecule has 12 N–H and O–H groups in total. The van der Waals surface area contributed by atoms with E-state index in [4.69, 9.17) is 60.3 Å². The quantitative estimate of drug-likeness (QED) is 0.180. The minimum atomic E-state index is -2.17. The van der Waals surface area contributed by atoms with E-state index in [0.717, 1.165) is 0 Å². The van der Waals surface area contributed by atoms with Crippen molar-refractivity contribution in [3.8, 4) is 0 Å². The SMILES string of the molecule is OB(O)O.OB(O)O.OB(O)O.OB(O)O.[H-].[Li+]. The van der Waals surface area contributed by atoms with Crippen LogP contribution in [0, 0.1) is 0 Å². The van der Waals surface area contributed by atoms with Gasteiger partial charge in [-0.2, -0.15) is 0 Å². The van der Waals surface area contributed by atoms with E-state index in [2.05, 4.69) is 0 Å². The molecule has 0 rings (SSSR count). The molecule has 0 saturated carbocycles. The van der Waals surface area contributed by atoms with Crippen molar-refractivity contribution in [3.05, 3.63) is 0 Å². The molecule has 17 heavy (non-hydrogen) atoms. The number of rotatable bonds is 0. The first-order valence-electron chi connectivity index (χ1n) is 3.10. The van der Waals surface area contributed by atoms with Gasteiger partial charge in [0.25, 0.3) is 0 Å². The van der Waals surface area contributed by atoms with E-state index < -0.39 is 29.3 Å². The van der Waals surface area contributed by atoms with Crippen molar-refractivity contribution in [1.82, 2.24) is 0 Å². The van der Waals surface area contributed by atoms with Crippen molar-refractivity contribution in [1.29, 1.82) is 0 Å². The first-order valence-corrected chi connectivity index (χ1v) is 3.10. The largest absolute Gasteiger partial charge is 1.00 e. The third-order valence-corrected chi connectivity index (χ3v) is 0. The van der Waals surface area contributed by atoms with Crippen molar-refractivity contribution in [2.45, 2.75) is 0 Å². The zero-order chi connectivity index (χ0) is 14.3. The van der Waals surface area contributed by atoms with Crippen LogP contribution in [0.5, 0.6) is 0 Å². The second-order valence-electron chi connectivity index (χ2n) is 1.39. The molecular weight excluding hydrogens is 242 g/mol. The Hall–Kier alpha value is 0.377. The molecule has 0 heterocycles. The van der Waals surface area contributed by atoms with Crippen molar-refractivity contribution in [2.75, 3.05) is 0 Å². The smallest absolute Gasteiger partial charge is 1.00 e. The summed E-state index contributed by atoms with van der Waals surface area (Å²) in [5.74, 6) is 0. The molecule has 0 saturated heterocycles. The van der Waals surface area contributed by atoms with Crippen LogP contribution in [-0.2, 0) is 0 Å². The molecule has 0 aromatic carbocycles. The van der Waals surface area contributed by atoms with Crippen LogP contribution in [-0.4, -0.2) is 89.6 Å². The number of hydrogen-bond donors (Lipinski definition) is 12. The standard InChI is InChI=1S/4BH3O3.Li.H/c4*2-1(3)4;;/h4*2-4H;;/q;;;;+1;-1. The van der Waals surface area contributed by atoms with E-state index >= 15 is 0 Å². The van der Waals surface area contributed by atoms with Crippen molar-refractivity contribution in [3.63, 3.8) is 0 Å². The normalized spacial score (nSPS) is 6.35. The molecule has 0 radical (unpaired) electrons. The van der Waals surface area contributed by atoms with Gasteiger partial charge in [-0.3, -0.25) is 0 Å². The molecule has 0 aromatic rings. The summed E-state index contributed by atoms with van der Waals surface area (Å²) in [4.78, 5) is 0. The Kier molecular flexibility index (Phi) is 45.2. The second kappa shape index (κ2) is 25.3. The Morgan fingerprint density at radius 1 is 0.353 bits per heavy atom. The summed E-state index contributed by atoms with van der Waals surface area (Å²) < 4.78 is 0. The summed E-state index contributed by atoms with van der Waals surface area (Å²) in [6, 6.07) is 0. The van der Waals surface area contributed by atoms with Gasteiger partial charge in [-0.15, -0.1) is 0 Å². The molecule has 0 fully saturated rings. The Morgan fingerprint density at radius 2 is 0.353 bits per heavy atom. The van der Waals surface area contributed by atoms with Crippen LogP contribution in [0.2, 0.25) is 0 Å². The van der Waals surface area contributed by atoms with E-state index in [1.54, 1.807) is 0 Å². The number of hydrogen-bond acceptors (Lipinski definition) is 12. The first-order chi connectivity index (χ1) is 6.93. The maximum absolute atomic E-state index is 7.17. The fourth-order valence-corrected chi connectivity index (χ4v) is 0. The average molecular weight is 255 g/mol. The van der Waals surface area contributed by atoms with Crippen LogP contribution >= 0.6 is 0 Å². The van der Waals surface area contributed by atoms with Crippen LogP contribution in [0.25, 0.3) is 0 Å². The molecule has 0 amide bonds. The topological polar surface area (TPSA) is 243 Å². The minimum absolute atomic E-state index is 0. The van der Waals surface area contributed by atoms with Gasteiger partial charge in [0.05, 0.1) is 0 Å². The summed E-state index contributed by atoms with van der Waals surface area (Å²) in [5.41, 5.74) is 0. The average Bonchev–Trinajstić information content (AvgIpc) is 1.76. The molecule has 0 unspecified atom stereocenters. The van der Waals surface area contributed by atoms with Gasteiger partial charge in [-0.1, -0.05) is 0 Å². The molecule has 12 nitrogen and oxygen atoms in total. The van der Waals surface area contributed by atoms with Crippen LogP contribution in [0.3, 0.4) is 0 Å². The maximum Gasteiger partial charge on any atom is 1.00 e. The molecule has 0 bridgehead atoms. The monoisotopic (exact) mass is 256 g/mol. The fraction of sp³-hybridized carbons (Fsp3) is 0. The predicted octanol–water partition coefficient (Wildman–Crippen LogP) is -11.1. The summed E-state index contributed by atoms with van der Waals surface area (Å²) >= 11 is 0. The van der Waals surface area contributed by atoms with E-state index in [1.807, 2.05) is 0 Å². The Balaban J connectivity index is -0.0000000257. The second-order valence-corrected chi connectivity index (χ2v) is 1.39. The fourth-order valence-electron chi connectivity index (χ4n) is 0. The predicted molar refractivity (Wildman–Crippen MR) is 50.8 cm³/mol. The van der Waals surface area contributed by atoms with Crippen LogP contribution in [0.15, 0.2) is 0 Å². The van der Waals surface area contributed by atoms with Gasteiger partial charge in [0, 0.05) is 0 Å². The molecule has 0 spiro atoms. The molecule has 98 valence electrons. The maximum atomic E-state index is 7.17. The molecular formula is H13B4LiO12. The third-order valence-electron chi connectivity index (χ3n) is 0. The van der Waals surface area contributed by atoms with Crippen molar-refractivity contribution >= 4 is 29.3 Å². The molecule has 17 heteroatoms. The van der Waals surface area contributed by atoms with Crippen LogP contribution in [0.1, 0.15) is 1.43 Å². The van der Waals surface area contributed by atoms with Gasteiger partial charge in [-0.05, 0) is 0 Å². The Bertz CT molecular complexity index is 67.1. The van der Waals surface area contributed by atoms with Crippen LogP contribution < -0.4 is 18.9 Å².